The topological polar surface area (TPSA) is 62.8 Å². The molecule has 1 heterocycles. The molecule has 0 aromatic carbocycles. The Hall–Kier alpha value is -1.09. The first-order valence-electron chi connectivity index (χ1n) is 2.66. The number of aromatic nitrogens is 1. The predicted octanol–water partition coefficient (Wildman–Crippen LogP) is 1.31. The highest BCUT2D eigenvalue weighted by atomic mass is 35.5. The number of nitrogens with two attached hydrogens (primary N) is 1. The Labute approximate surface area is 63.3 Å². The fourth-order valence-corrected chi connectivity index (χ4v) is 0.737. The summed E-state index contributed by atoms with van der Waals surface area (Å²) in [6.45, 7) is 0. The first-order chi connectivity index (χ1) is 4.74. The summed E-state index contributed by atoms with van der Waals surface area (Å²) >= 11 is 5.51. The van der Waals surface area contributed by atoms with Crippen LogP contribution in [0.1, 0.15) is 5.56 Å². The number of halogens is 1. The van der Waals surface area contributed by atoms with E-state index in [-0.39, 0.29) is 0 Å². The average Bonchev–Trinajstić information content (AvgIpc) is 1.88. The first-order valence-corrected chi connectivity index (χ1v) is 3.04. The lowest BCUT2D eigenvalue weighted by molar-refractivity contribution is 1.32. The van der Waals surface area contributed by atoms with Gasteiger partial charge in [-0.15, -0.1) is 0 Å². The highest BCUT2D eigenvalue weighted by Crippen LogP contribution is 2.10. The van der Waals surface area contributed by atoms with Crippen LogP contribution in [0.3, 0.4) is 0 Å². The molecule has 0 fully saturated rings. The van der Waals surface area contributed by atoms with Gasteiger partial charge in [0.25, 0.3) is 0 Å². The molecule has 0 spiro atoms. The maximum absolute atomic E-state index is 6.87. The van der Waals surface area contributed by atoms with E-state index in [2.05, 4.69) is 4.98 Å². The number of nitrogen functional groups attached to an aromatic ring is 1. The van der Waals surface area contributed by atoms with E-state index in [0.717, 1.165) is 6.21 Å². The summed E-state index contributed by atoms with van der Waals surface area (Å²) in [5.41, 5.74) is 5.97. The van der Waals surface area contributed by atoms with Gasteiger partial charge in [0.15, 0.2) is 0 Å². The van der Waals surface area contributed by atoms with E-state index < -0.39 is 0 Å². The Morgan fingerprint density at radius 3 is 2.80 bits per heavy atom. The molecule has 3 N–H and O–H groups in total. The van der Waals surface area contributed by atoms with Crippen LogP contribution in [0.25, 0.3) is 0 Å². The van der Waals surface area contributed by atoms with Crippen molar-refractivity contribution in [1.82, 2.24) is 4.98 Å². The molecule has 0 unspecified atom stereocenters. The average molecular weight is 156 g/mol. The molecule has 0 radical (unpaired) electrons. The molecule has 10 heavy (non-hydrogen) atoms. The third-order valence-corrected chi connectivity index (χ3v) is 1.29. The maximum Gasteiger partial charge on any atom is 0.133 e. The van der Waals surface area contributed by atoms with Crippen molar-refractivity contribution in [3.05, 3.63) is 22.8 Å². The molecular formula is C6H6ClN3. The molecule has 0 saturated carbocycles. The maximum atomic E-state index is 6.87. The smallest absolute Gasteiger partial charge is 0.133 e. The summed E-state index contributed by atoms with van der Waals surface area (Å²) in [7, 11) is 0. The Kier molecular flexibility index (Phi) is 1.87. The summed E-state index contributed by atoms with van der Waals surface area (Å²) in [6, 6.07) is 3.25. The Morgan fingerprint density at radius 1 is 1.60 bits per heavy atom. The number of nitrogens with one attached hydrogen (secondary N) is 1. The van der Waals surface area contributed by atoms with Crippen molar-refractivity contribution in [2.24, 2.45) is 0 Å². The lowest BCUT2D eigenvalue weighted by atomic mass is 10.3. The summed E-state index contributed by atoms with van der Waals surface area (Å²) in [5, 5.41) is 7.22. The normalized spacial score (nSPS) is 9.30. The van der Waals surface area contributed by atoms with Crippen molar-refractivity contribution in [3.63, 3.8) is 0 Å². The van der Waals surface area contributed by atoms with E-state index >= 15 is 0 Å². The van der Waals surface area contributed by atoms with Crippen LogP contribution in [-0.2, 0) is 0 Å². The Morgan fingerprint density at radius 2 is 2.30 bits per heavy atom. The number of anilines is 1. The third-order valence-electron chi connectivity index (χ3n) is 1.08. The molecule has 3 nitrogen and oxygen atoms in total. The minimum absolute atomic E-state index is 0.294. The SMILES string of the molecule is N=Cc1ccc(Cl)nc1N. The number of hydrogen-bond donors (Lipinski definition) is 2. The number of rotatable bonds is 1. The van der Waals surface area contributed by atoms with Crippen molar-refractivity contribution in [2.45, 2.75) is 0 Å². The van der Waals surface area contributed by atoms with Gasteiger partial charge in [0.05, 0.1) is 0 Å². The zero-order valence-electron chi connectivity index (χ0n) is 5.13. The number of pyridine rings is 1. The zero-order valence-corrected chi connectivity index (χ0v) is 5.89. The van der Waals surface area contributed by atoms with Crippen LogP contribution < -0.4 is 5.73 Å². The molecule has 0 saturated heterocycles. The van der Waals surface area contributed by atoms with Gasteiger partial charge in [-0.25, -0.2) is 4.98 Å². The van der Waals surface area contributed by atoms with Crippen molar-refractivity contribution < 1.29 is 0 Å². The lowest BCUT2D eigenvalue weighted by Gasteiger charge is -1.96. The van der Waals surface area contributed by atoms with Gasteiger partial charge in [-0.2, -0.15) is 0 Å². The Balaban J connectivity index is 3.19. The molecule has 4 heteroatoms. The van der Waals surface area contributed by atoms with Gasteiger partial charge in [0.1, 0.15) is 11.0 Å². The molecule has 0 aliphatic rings. The summed E-state index contributed by atoms with van der Waals surface area (Å²) < 4.78 is 0. The van der Waals surface area contributed by atoms with Crippen LogP contribution in [0, 0.1) is 5.41 Å². The van der Waals surface area contributed by atoms with Gasteiger partial charge in [0, 0.05) is 11.8 Å². The van der Waals surface area contributed by atoms with Gasteiger partial charge in [-0.1, -0.05) is 11.6 Å². The minimum Gasteiger partial charge on any atom is -0.383 e. The van der Waals surface area contributed by atoms with E-state index in [1.807, 2.05) is 0 Å². The van der Waals surface area contributed by atoms with E-state index in [1.165, 1.54) is 0 Å². The molecule has 0 bridgehead atoms. The third kappa shape index (κ3) is 1.25. The molecule has 0 aliphatic carbocycles. The highest BCUT2D eigenvalue weighted by Gasteiger charge is 1.95. The van der Waals surface area contributed by atoms with Crippen LogP contribution in [0.15, 0.2) is 12.1 Å². The molecule has 52 valence electrons. The standard InChI is InChI=1S/C6H6ClN3/c7-5-2-1-4(3-8)6(9)10-5/h1-3,8H,(H2,9,10). The molecule has 0 amide bonds. The van der Waals surface area contributed by atoms with Crippen LogP contribution in [-0.4, -0.2) is 11.2 Å². The number of nitrogens with zero attached hydrogens (tertiary/aromatic N) is 1. The minimum atomic E-state index is 0.294. The highest BCUT2D eigenvalue weighted by molar-refractivity contribution is 6.29. The van der Waals surface area contributed by atoms with Gasteiger partial charge in [0.2, 0.25) is 0 Å². The largest absolute Gasteiger partial charge is 0.383 e. The van der Waals surface area contributed by atoms with Crippen molar-refractivity contribution in [3.8, 4) is 0 Å². The van der Waals surface area contributed by atoms with Crippen LogP contribution >= 0.6 is 11.6 Å². The monoisotopic (exact) mass is 155 g/mol. The second-order valence-corrected chi connectivity index (χ2v) is 2.14. The quantitative estimate of drug-likeness (QED) is 0.475. The van der Waals surface area contributed by atoms with E-state index in [9.17, 15) is 0 Å². The fraction of sp³-hybridized carbons (Fsp3) is 0. The van der Waals surface area contributed by atoms with Crippen LogP contribution in [0.5, 0.6) is 0 Å². The van der Waals surface area contributed by atoms with E-state index in [4.69, 9.17) is 22.7 Å². The van der Waals surface area contributed by atoms with Crippen LogP contribution in [0.4, 0.5) is 5.82 Å². The second-order valence-electron chi connectivity index (χ2n) is 1.75. The number of hydrogen-bond acceptors (Lipinski definition) is 3. The van der Waals surface area contributed by atoms with E-state index in [0.29, 0.717) is 16.5 Å². The van der Waals surface area contributed by atoms with Crippen molar-refractivity contribution in [2.75, 3.05) is 5.73 Å². The molecular weight excluding hydrogens is 150 g/mol. The second kappa shape index (κ2) is 2.66. The van der Waals surface area contributed by atoms with Gasteiger partial charge >= 0.3 is 0 Å². The lowest BCUT2D eigenvalue weighted by Crippen LogP contribution is -1.95. The van der Waals surface area contributed by atoms with Gasteiger partial charge in [-0.05, 0) is 12.1 Å². The summed E-state index contributed by atoms with van der Waals surface area (Å²) in [5.74, 6) is 0.294. The summed E-state index contributed by atoms with van der Waals surface area (Å²) in [4.78, 5) is 3.74. The fourth-order valence-electron chi connectivity index (χ4n) is 0.583. The molecule has 1 aromatic rings. The zero-order chi connectivity index (χ0) is 7.56. The van der Waals surface area contributed by atoms with Crippen molar-refractivity contribution in [1.29, 1.82) is 5.41 Å². The Bertz CT molecular complexity index is 259. The van der Waals surface area contributed by atoms with Crippen molar-refractivity contribution >= 4 is 23.6 Å². The molecule has 0 atom stereocenters. The van der Waals surface area contributed by atoms with E-state index in [1.54, 1.807) is 12.1 Å². The first kappa shape index (κ1) is 7.02. The molecule has 1 aromatic heterocycles. The van der Waals surface area contributed by atoms with Crippen LogP contribution in [0.2, 0.25) is 5.15 Å². The molecule has 1 rings (SSSR count). The molecule has 0 aliphatic heterocycles. The predicted molar refractivity (Wildman–Crippen MR) is 41.5 cm³/mol. The van der Waals surface area contributed by atoms with Gasteiger partial charge in [-0.3, -0.25) is 0 Å². The van der Waals surface area contributed by atoms with Gasteiger partial charge < -0.3 is 11.1 Å². The summed E-state index contributed by atoms with van der Waals surface area (Å²) in [6.07, 6.45) is 1.14.